The number of nitrogens with zero attached hydrogens (tertiary/aromatic N) is 1. The van der Waals surface area contributed by atoms with E-state index in [9.17, 15) is 4.79 Å². The third-order valence-corrected chi connectivity index (χ3v) is 2.81. The Bertz CT molecular complexity index is 234. The maximum atomic E-state index is 11.7. The lowest BCUT2D eigenvalue weighted by Gasteiger charge is -2.17. The molecule has 2 N–H and O–H groups in total. The molecule has 0 aromatic rings. The Labute approximate surface area is 103 Å². The van der Waals surface area contributed by atoms with Crippen molar-refractivity contribution in [2.24, 2.45) is 11.8 Å². The molecule has 1 aliphatic heterocycles. The predicted molar refractivity (Wildman–Crippen MR) is 65.8 cm³/mol. The molecule has 5 nitrogen and oxygen atoms in total. The summed E-state index contributed by atoms with van der Waals surface area (Å²) in [6.45, 7) is 7.59. The van der Waals surface area contributed by atoms with E-state index < -0.39 is 0 Å². The zero-order valence-electron chi connectivity index (χ0n) is 10.8. The molecule has 1 atom stereocenters. The van der Waals surface area contributed by atoms with Crippen molar-refractivity contribution in [3.05, 3.63) is 0 Å². The second-order valence-corrected chi connectivity index (χ2v) is 4.98. The average Bonchev–Trinajstić information content (AvgIpc) is 2.76. The SMILES string of the molecule is CC(C)COCCNC(=O)N1CCC(CO)C1. The van der Waals surface area contributed by atoms with Gasteiger partial charge in [0.2, 0.25) is 0 Å². The number of amides is 2. The van der Waals surface area contributed by atoms with Gasteiger partial charge in [-0.1, -0.05) is 13.8 Å². The molecule has 0 bridgehead atoms. The topological polar surface area (TPSA) is 61.8 Å². The summed E-state index contributed by atoms with van der Waals surface area (Å²) >= 11 is 0. The van der Waals surface area contributed by atoms with Crippen LogP contribution in [0.4, 0.5) is 4.79 Å². The lowest BCUT2D eigenvalue weighted by molar-refractivity contribution is 0.111. The van der Waals surface area contributed by atoms with Crippen LogP contribution >= 0.6 is 0 Å². The maximum Gasteiger partial charge on any atom is 0.317 e. The van der Waals surface area contributed by atoms with Gasteiger partial charge in [-0.15, -0.1) is 0 Å². The molecule has 2 amide bonds. The number of ether oxygens (including phenoxy) is 1. The molecule has 0 spiro atoms. The Morgan fingerprint density at radius 2 is 2.35 bits per heavy atom. The van der Waals surface area contributed by atoms with Crippen LogP contribution in [0.2, 0.25) is 0 Å². The first-order valence-electron chi connectivity index (χ1n) is 6.35. The number of carbonyl (C=O) groups excluding carboxylic acids is 1. The molecule has 0 saturated carbocycles. The van der Waals surface area contributed by atoms with Crippen molar-refractivity contribution in [3.8, 4) is 0 Å². The number of carbonyl (C=O) groups is 1. The smallest absolute Gasteiger partial charge is 0.317 e. The number of hydrogen-bond acceptors (Lipinski definition) is 3. The standard InChI is InChI=1S/C12H24N2O3/c1-10(2)9-17-6-4-13-12(16)14-5-3-11(7-14)8-15/h10-11,15H,3-9H2,1-2H3,(H,13,16). The fourth-order valence-electron chi connectivity index (χ4n) is 1.83. The second kappa shape index (κ2) is 7.50. The highest BCUT2D eigenvalue weighted by atomic mass is 16.5. The van der Waals surface area contributed by atoms with Gasteiger partial charge in [-0.25, -0.2) is 4.79 Å². The van der Waals surface area contributed by atoms with Crippen LogP contribution in [0.1, 0.15) is 20.3 Å². The van der Waals surface area contributed by atoms with Gasteiger partial charge in [-0.05, 0) is 12.3 Å². The number of aliphatic hydroxyl groups is 1. The van der Waals surface area contributed by atoms with Crippen LogP contribution in [0, 0.1) is 11.8 Å². The van der Waals surface area contributed by atoms with Crippen LogP contribution in [-0.2, 0) is 4.74 Å². The Kier molecular flexibility index (Phi) is 6.29. The molecule has 1 unspecified atom stereocenters. The second-order valence-electron chi connectivity index (χ2n) is 4.98. The van der Waals surface area contributed by atoms with Gasteiger partial charge < -0.3 is 20.1 Å². The number of hydrogen-bond donors (Lipinski definition) is 2. The van der Waals surface area contributed by atoms with Crippen LogP contribution < -0.4 is 5.32 Å². The fourth-order valence-corrected chi connectivity index (χ4v) is 1.83. The van der Waals surface area contributed by atoms with Crippen LogP contribution in [0.5, 0.6) is 0 Å². The highest BCUT2D eigenvalue weighted by Gasteiger charge is 2.25. The summed E-state index contributed by atoms with van der Waals surface area (Å²) in [7, 11) is 0. The number of nitrogens with one attached hydrogen (secondary N) is 1. The lowest BCUT2D eigenvalue weighted by Crippen LogP contribution is -2.40. The van der Waals surface area contributed by atoms with Gasteiger partial charge >= 0.3 is 6.03 Å². The van der Waals surface area contributed by atoms with Crippen molar-refractivity contribution in [2.45, 2.75) is 20.3 Å². The van der Waals surface area contributed by atoms with E-state index in [0.717, 1.165) is 19.6 Å². The molecule has 0 aromatic carbocycles. The van der Waals surface area contributed by atoms with Crippen molar-refractivity contribution in [1.29, 1.82) is 0 Å². The van der Waals surface area contributed by atoms with E-state index in [2.05, 4.69) is 19.2 Å². The van der Waals surface area contributed by atoms with E-state index in [1.54, 1.807) is 4.90 Å². The van der Waals surface area contributed by atoms with E-state index in [0.29, 0.717) is 25.6 Å². The highest BCUT2D eigenvalue weighted by molar-refractivity contribution is 5.74. The summed E-state index contributed by atoms with van der Waals surface area (Å²) in [5.41, 5.74) is 0. The molecule has 0 aliphatic carbocycles. The van der Waals surface area contributed by atoms with Crippen molar-refractivity contribution < 1.29 is 14.6 Å². The normalized spacial score (nSPS) is 20.0. The van der Waals surface area contributed by atoms with Crippen molar-refractivity contribution >= 4 is 6.03 Å². The minimum atomic E-state index is -0.0471. The number of urea groups is 1. The summed E-state index contributed by atoms with van der Waals surface area (Å²) in [4.78, 5) is 13.4. The van der Waals surface area contributed by atoms with Crippen molar-refractivity contribution in [1.82, 2.24) is 10.2 Å². The van der Waals surface area contributed by atoms with Gasteiger partial charge in [0.25, 0.3) is 0 Å². The zero-order chi connectivity index (χ0) is 12.7. The summed E-state index contributed by atoms with van der Waals surface area (Å²) in [6, 6.07) is -0.0471. The minimum Gasteiger partial charge on any atom is -0.396 e. The Morgan fingerprint density at radius 1 is 1.59 bits per heavy atom. The molecular formula is C12H24N2O3. The number of aliphatic hydroxyl groups excluding tert-OH is 1. The van der Waals surface area contributed by atoms with Crippen LogP contribution in [0.15, 0.2) is 0 Å². The quantitative estimate of drug-likeness (QED) is 0.676. The van der Waals surface area contributed by atoms with Crippen molar-refractivity contribution in [3.63, 3.8) is 0 Å². The molecule has 5 heteroatoms. The molecule has 17 heavy (non-hydrogen) atoms. The largest absolute Gasteiger partial charge is 0.396 e. The first-order chi connectivity index (χ1) is 8.13. The fraction of sp³-hybridized carbons (Fsp3) is 0.917. The molecule has 1 fully saturated rings. The molecule has 1 heterocycles. The molecule has 1 rings (SSSR count). The predicted octanol–water partition coefficient (Wildman–Crippen LogP) is 0.683. The average molecular weight is 244 g/mol. The van der Waals surface area contributed by atoms with Crippen LogP contribution in [-0.4, -0.2) is 55.5 Å². The van der Waals surface area contributed by atoms with E-state index >= 15 is 0 Å². The van der Waals surface area contributed by atoms with E-state index in [1.165, 1.54) is 0 Å². The molecule has 1 aliphatic rings. The van der Waals surface area contributed by atoms with Gasteiger partial charge in [0.1, 0.15) is 0 Å². The molecule has 0 radical (unpaired) electrons. The molecule has 1 saturated heterocycles. The first-order valence-corrected chi connectivity index (χ1v) is 6.35. The summed E-state index contributed by atoms with van der Waals surface area (Å²) in [6.07, 6.45) is 0.897. The Morgan fingerprint density at radius 3 is 2.94 bits per heavy atom. The van der Waals surface area contributed by atoms with Gasteiger partial charge in [-0.3, -0.25) is 0 Å². The maximum absolute atomic E-state index is 11.7. The van der Waals surface area contributed by atoms with Gasteiger partial charge in [0, 0.05) is 38.8 Å². The van der Waals surface area contributed by atoms with Crippen molar-refractivity contribution in [2.75, 3.05) is 39.5 Å². The van der Waals surface area contributed by atoms with E-state index in [-0.39, 0.29) is 18.6 Å². The van der Waals surface area contributed by atoms with Crippen LogP contribution in [0.3, 0.4) is 0 Å². The number of rotatable bonds is 6. The first kappa shape index (κ1) is 14.3. The third-order valence-electron chi connectivity index (χ3n) is 2.81. The van der Waals surface area contributed by atoms with Gasteiger partial charge in [-0.2, -0.15) is 0 Å². The molecule has 0 aromatic heterocycles. The molecular weight excluding hydrogens is 220 g/mol. The lowest BCUT2D eigenvalue weighted by atomic mass is 10.1. The van der Waals surface area contributed by atoms with E-state index in [4.69, 9.17) is 9.84 Å². The number of likely N-dealkylation sites (tertiary alicyclic amines) is 1. The Hall–Kier alpha value is -0.810. The molecule has 100 valence electrons. The zero-order valence-corrected chi connectivity index (χ0v) is 10.8. The summed E-state index contributed by atoms with van der Waals surface area (Å²) in [5, 5.41) is 11.8. The van der Waals surface area contributed by atoms with Gasteiger partial charge in [0.15, 0.2) is 0 Å². The minimum absolute atomic E-state index is 0.0471. The van der Waals surface area contributed by atoms with Gasteiger partial charge in [0.05, 0.1) is 6.61 Å². The third kappa shape index (κ3) is 5.37. The van der Waals surface area contributed by atoms with E-state index in [1.807, 2.05) is 0 Å². The van der Waals surface area contributed by atoms with Crippen LogP contribution in [0.25, 0.3) is 0 Å². The highest BCUT2D eigenvalue weighted by Crippen LogP contribution is 2.14. The Balaban J connectivity index is 2.05. The monoisotopic (exact) mass is 244 g/mol. The summed E-state index contributed by atoms with van der Waals surface area (Å²) < 4.78 is 5.38. The summed E-state index contributed by atoms with van der Waals surface area (Å²) in [5.74, 6) is 0.771.